The lowest BCUT2D eigenvalue weighted by molar-refractivity contribution is 0.188. The number of rotatable bonds is 4. The molecule has 0 saturated heterocycles. The molecular formula is C8H13N3O. The molecule has 1 atom stereocenters. The normalized spacial score (nSPS) is 12.5. The van der Waals surface area contributed by atoms with Crippen LogP contribution in [0.3, 0.4) is 0 Å². The van der Waals surface area contributed by atoms with Crippen molar-refractivity contribution < 1.29 is 5.11 Å². The molecule has 0 saturated carbocycles. The van der Waals surface area contributed by atoms with Gasteiger partial charge in [0.1, 0.15) is 5.82 Å². The van der Waals surface area contributed by atoms with Crippen LogP contribution in [-0.4, -0.2) is 28.0 Å². The van der Waals surface area contributed by atoms with Crippen molar-refractivity contribution in [3.05, 3.63) is 18.3 Å². The van der Waals surface area contributed by atoms with Crippen LogP contribution >= 0.6 is 0 Å². The van der Waals surface area contributed by atoms with E-state index in [2.05, 4.69) is 15.5 Å². The summed E-state index contributed by atoms with van der Waals surface area (Å²) in [5.41, 5.74) is 0. The third-order valence-electron chi connectivity index (χ3n) is 1.44. The van der Waals surface area contributed by atoms with E-state index >= 15 is 0 Å². The van der Waals surface area contributed by atoms with E-state index < -0.39 is 0 Å². The Kier molecular flexibility index (Phi) is 3.47. The number of aliphatic hydroxyl groups is 1. The van der Waals surface area contributed by atoms with Gasteiger partial charge in [-0.3, -0.25) is 0 Å². The Morgan fingerprint density at radius 2 is 2.50 bits per heavy atom. The molecule has 2 N–H and O–H groups in total. The zero-order chi connectivity index (χ0) is 8.81. The second-order valence-corrected chi connectivity index (χ2v) is 2.67. The number of nitrogens with one attached hydrogen (secondary N) is 1. The number of nitrogens with zero attached hydrogens (tertiary/aromatic N) is 2. The summed E-state index contributed by atoms with van der Waals surface area (Å²) >= 11 is 0. The lowest BCUT2D eigenvalue weighted by Crippen LogP contribution is -2.10. The molecule has 0 aliphatic carbocycles. The molecule has 0 bridgehead atoms. The van der Waals surface area contributed by atoms with Crippen LogP contribution in [0, 0.1) is 0 Å². The molecule has 12 heavy (non-hydrogen) atoms. The summed E-state index contributed by atoms with van der Waals surface area (Å²) < 4.78 is 0. The van der Waals surface area contributed by atoms with Gasteiger partial charge in [-0.1, -0.05) is 0 Å². The molecule has 66 valence electrons. The Labute approximate surface area is 71.6 Å². The second kappa shape index (κ2) is 4.66. The first-order valence-corrected chi connectivity index (χ1v) is 3.98. The monoisotopic (exact) mass is 167 g/mol. The van der Waals surface area contributed by atoms with Gasteiger partial charge < -0.3 is 10.4 Å². The molecular weight excluding hydrogens is 154 g/mol. The summed E-state index contributed by atoms with van der Waals surface area (Å²) in [5.74, 6) is 0.748. The van der Waals surface area contributed by atoms with Crippen LogP contribution in [0.1, 0.15) is 13.3 Å². The van der Waals surface area contributed by atoms with Gasteiger partial charge in [0.25, 0.3) is 0 Å². The Morgan fingerprint density at radius 3 is 3.08 bits per heavy atom. The predicted octanol–water partition coefficient (Wildman–Crippen LogP) is 0.659. The molecule has 1 aromatic rings. The number of hydrogen-bond acceptors (Lipinski definition) is 4. The van der Waals surface area contributed by atoms with Crippen molar-refractivity contribution in [3.63, 3.8) is 0 Å². The average molecular weight is 167 g/mol. The number of hydrogen-bond donors (Lipinski definition) is 2. The summed E-state index contributed by atoms with van der Waals surface area (Å²) in [5, 5.41) is 19.5. The van der Waals surface area contributed by atoms with Crippen LogP contribution in [0.4, 0.5) is 5.82 Å². The van der Waals surface area contributed by atoms with Crippen molar-refractivity contribution >= 4 is 5.82 Å². The minimum Gasteiger partial charge on any atom is -0.393 e. The van der Waals surface area contributed by atoms with Gasteiger partial charge in [0.15, 0.2) is 0 Å². The fraction of sp³-hybridized carbons (Fsp3) is 0.500. The zero-order valence-electron chi connectivity index (χ0n) is 7.07. The second-order valence-electron chi connectivity index (χ2n) is 2.67. The van der Waals surface area contributed by atoms with E-state index in [1.165, 1.54) is 0 Å². The molecule has 1 heterocycles. The van der Waals surface area contributed by atoms with E-state index in [9.17, 15) is 0 Å². The van der Waals surface area contributed by atoms with Gasteiger partial charge in [0.05, 0.1) is 6.10 Å². The maximum atomic E-state index is 8.95. The minimum atomic E-state index is -0.269. The Hall–Kier alpha value is -1.16. The molecule has 0 amide bonds. The highest BCUT2D eigenvalue weighted by Gasteiger charge is 1.95. The molecule has 0 aliphatic rings. The fourth-order valence-corrected chi connectivity index (χ4v) is 0.805. The quantitative estimate of drug-likeness (QED) is 0.691. The summed E-state index contributed by atoms with van der Waals surface area (Å²) in [6.45, 7) is 2.48. The van der Waals surface area contributed by atoms with Gasteiger partial charge in [-0.05, 0) is 25.5 Å². The number of anilines is 1. The van der Waals surface area contributed by atoms with Crippen molar-refractivity contribution in [3.8, 4) is 0 Å². The average Bonchev–Trinajstić information content (AvgIpc) is 2.05. The highest BCUT2D eigenvalue weighted by atomic mass is 16.3. The zero-order valence-corrected chi connectivity index (χ0v) is 7.07. The van der Waals surface area contributed by atoms with Crippen LogP contribution in [-0.2, 0) is 0 Å². The van der Waals surface area contributed by atoms with E-state index in [0.717, 1.165) is 18.8 Å². The van der Waals surface area contributed by atoms with Gasteiger partial charge in [0, 0.05) is 12.7 Å². The summed E-state index contributed by atoms with van der Waals surface area (Å²) in [7, 11) is 0. The predicted molar refractivity (Wildman–Crippen MR) is 46.8 cm³/mol. The van der Waals surface area contributed by atoms with E-state index in [0.29, 0.717) is 0 Å². The molecule has 0 aliphatic heterocycles. The summed E-state index contributed by atoms with van der Waals surface area (Å²) in [6.07, 6.45) is 2.07. The van der Waals surface area contributed by atoms with E-state index in [1.807, 2.05) is 12.1 Å². The van der Waals surface area contributed by atoms with Crippen LogP contribution in [0.5, 0.6) is 0 Å². The molecule has 4 nitrogen and oxygen atoms in total. The topological polar surface area (TPSA) is 58.0 Å². The molecule has 0 fully saturated rings. The van der Waals surface area contributed by atoms with Crippen LogP contribution in [0.15, 0.2) is 18.3 Å². The fourth-order valence-electron chi connectivity index (χ4n) is 0.805. The van der Waals surface area contributed by atoms with Crippen LogP contribution in [0.25, 0.3) is 0 Å². The molecule has 1 unspecified atom stereocenters. The van der Waals surface area contributed by atoms with E-state index in [4.69, 9.17) is 5.11 Å². The molecule has 4 heteroatoms. The van der Waals surface area contributed by atoms with Gasteiger partial charge in [-0.15, -0.1) is 5.10 Å². The van der Waals surface area contributed by atoms with Crippen molar-refractivity contribution in [2.24, 2.45) is 0 Å². The first kappa shape index (κ1) is 8.93. The lowest BCUT2D eigenvalue weighted by Gasteiger charge is -2.05. The SMILES string of the molecule is CC(O)CCNc1cccnn1. The molecule has 0 aromatic carbocycles. The van der Waals surface area contributed by atoms with E-state index in [1.54, 1.807) is 13.1 Å². The third-order valence-corrected chi connectivity index (χ3v) is 1.44. The Balaban J connectivity index is 2.25. The number of aliphatic hydroxyl groups excluding tert-OH is 1. The highest BCUT2D eigenvalue weighted by molar-refractivity contribution is 5.30. The first-order chi connectivity index (χ1) is 5.79. The Bertz CT molecular complexity index is 213. The summed E-state index contributed by atoms with van der Waals surface area (Å²) in [4.78, 5) is 0. The maximum absolute atomic E-state index is 8.95. The van der Waals surface area contributed by atoms with Crippen molar-refractivity contribution in [1.29, 1.82) is 0 Å². The van der Waals surface area contributed by atoms with Crippen LogP contribution in [0.2, 0.25) is 0 Å². The minimum absolute atomic E-state index is 0.269. The molecule has 0 radical (unpaired) electrons. The Morgan fingerprint density at radius 1 is 1.67 bits per heavy atom. The molecule has 1 rings (SSSR count). The van der Waals surface area contributed by atoms with Gasteiger partial charge in [0.2, 0.25) is 0 Å². The first-order valence-electron chi connectivity index (χ1n) is 3.98. The third kappa shape index (κ3) is 3.30. The van der Waals surface area contributed by atoms with Crippen molar-refractivity contribution in [1.82, 2.24) is 10.2 Å². The van der Waals surface area contributed by atoms with Gasteiger partial charge in [-0.2, -0.15) is 5.10 Å². The summed E-state index contributed by atoms with van der Waals surface area (Å²) in [6, 6.07) is 3.66. The highest BCUT2D eigenvalue weighted by Crippen LogP contribution is 1.98. The van der Waals surface area contributed by atoms with Crippen molar-refractivity contribution in [2.75, 3.05) is 11.9 Å². The molecule has 0 spiro atoms. The largest absolute Gasteiger partial charge is 0.393 e. The number of aromatic nitrogens is 2. The van der Waals surface area contributed by atoms with Gasteiger partial charge in [-0.25, -0.2) is 0 Å². The standard InChI is InChI=1S/C8H13N3O/c1-7(12)4-6-9-8-3-2-5-10-11-8/h2-3,5,7,12H,4,6H2,1H3,(H,9,11). The lowest BCUT2D eigenvalue weighted by atomic mass is 10.3. The van der Waals surface area contributed by atoms with Crippen molar-refractivity contribution in [2.45, 2.75) is 19.4 Å². The maximum Gasteiger partial charge on any atom is 0.148 e. The van der Waals surface area contributed by atoms with E-state index in [-0.39, 0.29) is 6.10 Å². The smallest absolute Gasteiger partial charge is 0.148 e. The van der Waals surface area contributed by atoms with Crippen LogP contribution < -0.4 is 5.32 Å². The van der Waals surface area contributed by atoms with Gasteiger partial charge >= 0.3 is 0 Å². The molecule has 1 aromatic heterocycles.